The van der Waals surface area contributed by atoms with Crippen LogP contribution in [0.1, 0.15) is 38.9 Å². The number of benzene rings is 2. The molecule has 4 heteroatoms. The van der Waals surface area contributed by atoms with Crippen molar-refractivity contribution in [1.29, 1.82) is 0 Å². The molecule has 0 spiro atoms. The molecule has 0 saturated heterocycles. The molecule has 1 heterocycles. The van der Waals surface area contributed by atoms with Gasteiger partial charge in [0.1, 0.15) is 11.9 Å². The Bertz CT molecular complexity index is 849. The molecular formula is C20H21N3O. The minimum absolute atomic E-state index is 0.0957. The second-order valence-corrected chi connectivity index (χ2v) is 6.03. The Morgan fingerprint density at radius 3 is 2.42 bits per heavy atom. The second kappa shape index (κ2) is 6.71. The number of nitrogens with zero attached hydrogens (tertiary/aromatic N) is 2. The zero-order valence-corrected chi connectivity index (χ0v) is 14.2. The van der Waals surface area contributed by atoms with Crippen LogP contribution < -0.4 is 5.32 Å². The van der Waals surface area contributed by atoms with E-state index in [2.05, 4.69) is 10.3 Å². The lowest BCUT2D eigenvalue weighted by Crippen LogP contribution is -2.31. The molecule has 3 rings (SSSR count). The molecular weight excluding hydrogens is 298 g/mol. The van der Waals surface area contributed by atoms with E-state index >= 15 is 0 Å². The predicted octanol–water partition coefficient (Wildman–Crippen LogP) is 3.56. The fourth-order valence-electron chi connectivity index (χ4n) is 2.75. The maximum atomic E-state index is 12.8. The summed E-state index contributed by atoms with van der Waals surface area (Å²) in [6.07, 6.45) is 3.63. The van der Waals surface area contributed by atoms with Crippen LogP contribution in [0.3, 0.4) is 0 Å². The van der Waals surface area contributed by atoms with Crippen molar-refractivity contribution in [3.63, 3.8) is 0 Å². The first-order valence-corrected chi connectivity index (χ1v) is 7.96. The van der Waals surface area contributed by atoms with E-state index in [-0.39, 0.29) is 11.9 Å². The minimum Gasteiger partial charge on any atom is -0.338 e. The van der Waals surface area contributed by atoms with E-state index in [0.29, 0.717) is 5.56 Å². The zero-order valence-electron chi connectivity index (χ0n) is 14.2. The van der Waals surface area contributed by atoms with Crippen LogP contribution in [0.4, 0.5) is 0 Å². The zero-order chi connectivity index (χ0) is 17.1. The van der Waals surface area contributed by atoms with Gasteiger partial charge in [-0.25, -0.2) is 4.98 Å². The summed E-state index contributed by atoms with van der Waals surface area (Å²) >= 11 is 0. The highest BCUT2D eigenvalue weighted by molar-refractivity contribution is 5.96. The summed E-state index contributed by atoms with van der Waals surface area (Å²) in [5, 5.41) is 3.13. The Morgan fingerprint density at radius 1 is 1.08 bits per heavy atom. The van der Waals surface area contributed by atoms with Crippen molar-refractivity contribution in [3.05, 3.63) is 89.0 Å². The van der Waals surface area contributed by atoms with Gasteiger partial charge in [0.05, 0.1) is 0 Å². The van der Waals surface area contributed by atoms with Gasteiger partial charge in [0, 0.05) is 25.0 Å². The normalized spacial score (nSPS) is 12.0. The summed E-state index contributed by atoms with van der Waals surface area (Å²) in [5.41, 5.74) is 3.83. The summed E-state index contributed by atoms with van der Waals surface area (Å²) in [6.45, 7) is 3.99. The van der Waals surface area contributed by atoms with Crippen LogP contribution in [0.5, 0.6) is 0 Å². The van der Waals surface area contributed by atoms with Gasteiger partial charge in [-0.05, 0) is 31.0 Å². The third kappa shape index (κ3) is 3.23. The Balaban J connectivity index is 1.97. The van der Waals surface area contributed by atoms with Crippen LogP contribution in [0.25, 0.3) is 0 Å². The second-order valence-electron chi connectivity index (χ2n) is 6.03. The molecule has 0 aliphatic heterocycles. The number of nitrogens with one attached hydrogen (secondary N) is 1. The molecule has 0 aliphatic rings. The lowest BCUT2D eigenvalue weighted by molar-refractivity contribution is 0.0940. The standard InChI is InChI=1S/C20H21N3O/c1-14-8-10-16(11-9-14)18(19-21-12-13-23(19)3)22-20(24)17-7-5-4-6-15(17)2/h4-13,18H,1-3H3,(H,22,24). The van der Waals surface area contributed by atoms with E-state index in [4.69, 9.17) is 0 Å². The molecule has 0 bridgehead atoms. The molecule has 2 aromatic carbocycles. The molecule has 1 N–H and O–H groups in total. The van der Waals surface area contributed by atoms with Gasteiger partial charge in [0.25, 0.3) is 5.91 Å². The molecule has 1 atom stereocenters. The topological polar surface area (TPSA) is 46.9 Å². The monoisotopic (exact) mass is 319 g/mol. The van der Waals surface area contributed by atoms with Crippen LogP contribution in [0.2, 0.25) is 0 Å². The lowest BCUT2D eigenvalue weighted by atomic mass is 10.0. The molecule has 0 saturated carbocycles. The number of hydrogen-bond acceptors (Lipinski definition) is 2. The maximum Gasteiger partial charge on any atom is 0.252 e. The van der Waals surface area contributed by atoms with Gasteiger partial charge in [-0.2, -0.15) is 0 Å². The van der Waals surface area contributed by atoms with Crippen molar-refractivity contribution in [2.24, 2.45) is 7.05 Å². The van der Waals surface area contributed by atoms with Gasteiger partial charge in [0.15, 0.2) is 0 Å². The highest BCUT2D eigenvalue weighted by Gasteiger charge is 2.21. The third-order valence-electron chi connectivity index (χ3n) is 4.19. The molecule has 4 nitrogen and oxygen atoms in total. The summed E-state index contributed by atoms with van der Waals surface area (Å²) in [4.78, 5) is 17.2. The molecule has 0 aliphatic carbocycles. The van der Waals surface area contributed by atoms with E-state index in [1.165, 1.54) is 5.56 Å². The van der Waals surface area contributed by atoms with Gasteiger partial charge in [-0.15, -0.1) is 0 Å². The van der Waals surface area contributed by atoms with Crippen molar-refractivity contribution in [3.8, 4) is 0 Å². The largest absolute Gasteiger partial charge is 0.338 e. The quantitative estimate of drug-likeness (QED) is 0.799. The van der Waals surface area contributed by atoms with Gasteiger partial charge in [-0.1, -0.05) is 48.0 Å². The highest BCUT2D eigenvalue weighted by Crippen LogP contribution is 2.22. The molecule has 122 valence electrons. The van der Waals surface area contributed by atoms with E-state index in [1.54, 1.807) is 6.20 Å². The van der Waals surface area contributed by atoms with E-state index in [0.717, 1.165) is 17.0 Å². The Labute approximate surface area is 142 Å². The first kappa shape index (κ1) is 16.0. The SMILES string of the molecule is Cc1ccc(C(NC(=O)c2ccccc2C)c2nccn2C)cc1. The number of aryl methyl sites for hydroxylation is 3. The summed E-state index contributed by atoms with van der Waals surface area (Å²) in [7, 11) is 1.93. The molecule has 24 heavy (non-hydrogen) atoms. The van der Waals surface area contributed by atoms with Gasteiger partial charge in [-0.3, -0.25) is 4.79 Å². The Kier molecular flexibility index (Phi) is 4.47. The summed E-state index contributed by atoms with van der Waals surface area (Å²) < 4.78 is 1.93. The van der Waals surface area contributed by atoms with E-state index in [1.807, 2.05) is 80.2 Å². The van der Waals surface area contributed by atoms with Crippen LogP contribution in [-0.4, -0.2) is 15.5 Å². The first-order chi connectivity index (χ1) is 11.6. The fraction of sp³-hybridized carbons (Fsp3) is 0.200. The minimum atomic E-state index is -0.294. The number of imidazole rings is 1. The number of rotatable bonds is 4. The number of amides is 1. The molecule has 0 fully saturated rings. The van der Waals surface area contributed by atoms with Crippen LogP contribution in [-0.2, 0) is 7.05 Å². The predicted molar refractivity (Wildman–Crippen MR) is 94.9 cm³/mol. The van der Waals surface area contributed by atoms with Crippen LogP contribution >= 0.6 is 0 Å². The van der Waals surface area contributed by atoms with Gasteiger partial charge < -0.3 is 9.88 Å². The van der Waals surface area contributed by atoms with Crippen molar-refractivity contribution in [2.75, 3.05) is 0 Å². The smallest absolute Gasteiger partial charge is 0.252 e. The average Bonchev–Trinajstić information content (AvgIpc) is 2.99. The Hall–Kier alpha value is -2.88. The lowest BCUT2D eigenvalue weighted by Gasteiger charge is -2.20. The number of carbonyl (C=O) groups excluding carboxylic acids is 1. The maximum absolute atomic E-state index is 12.8. The highest BCUT2D eigenvalue weighted by atomic mass is 16.1. The van der Waals surface area contributed by atoms with Crippen LogP contribution in [0.15, 0.2) is 60.9 Å². The van der Waals surface area contributed by atoms with Crippen molar-refractivity contribution in [1.82, 2.24) is 14.9 Å². The average molecular weight is 319 g/mol. The van der Waals surface area contributed by atoms with Crippen LogP contribution in [0, 0.1) is 13.8 Å². The fourth-order valence-corrected chi connectivity index (χ4v) is 2.75. The number of carbonyl (C=O) groups is 1. The van der Waals surface area contributed by atoms with Crippen molar-refractivity contribution < 1.29 is 4.79 Å². The summed E-state index contributed by atoms with van der Waals surface area (Å²) in [5.74, 6) is 0.711. The molecule has 0 radical (unpaired) electrons. The van der Waals surface area contributed by atoms with Crippen molar-refractivity contribution in [2.45, 2.75) is 19.9 Å². The third-order valence-corrected chi connectivity index (χ3v) is 4.19. The Morgan fingerprint density at radius 2 is 1.79 bits per heavy atom. The van der Waals surface area contributed by atoms with E-state index < -0.39 is 0 Å². The van der Waals surface area contributed by atoms with Crippen molar-refractivity contribution >= 4 is 5.91 Å². The molecule has 3 aromatic rings. The van der Waals surface area contributed by atoms with E-state index in [9.17, 15) is 4.79 Å². The number of aromatic nitrogens is 2. The molecule has 1 aromatic heterocycles. The van der Waals surface area contributed by atoms with Gasteiger partial charge >= 0.3 is 0 Å². The number of hydrogen-bond donors (Lipinski definition) is 1. The van der Waals surface area contributed by atoms with Gasteiger partial charge in [0.2, 0.25) is 0 Å². The molecule has 1 amide bonds. The summed E-state index contributed by atoms with van der Waals surface area (Å²) in [6, 6.07) is 15.5. The molecule has 1 unspecified atom stereocenters. The first-order valence-electron chi connectivity index (χ1n) is 7.96.